The fourth-order valence-corrected chi connectivity index (χ4v) is 3.51. The molecule has 4 aromatic rings. The van der Waals surface area contributed by atoms with Gasteiger partial charge in [0.15, 0.2) is 5.65 Å². The average molecular weight is 500 g/mol. The monoisotopic (exact) mass is 498 g/mol. The molecule has 1 N–H and O–H groups in total. The summed E-state index contributed by atoms with van der Waals surface area (Å²) in [7, 11) is 0. The Morgan fingerprint density at radius 2 is 1.97 bits per heavy atom. The van der Waals surface area contributed by atoms with Gasteiger partial charge in [0.1, 0.15) is 17.0 Å². The van der Waals surface area contributed by atoms with Crippen molar-refractivity contribution in [3.05, 3.63) is 79.9 Å². The summed E-state index contributed by atoms with van der Waals surface area (Å²) in [5, 5.41) is 4.90. The summed E-state index contributed by atoms with van der Waals surface area (Å²) < 4.78 is 44.2. The number of rotatable bonds is 4. The lowest BCUT2D eigenvalue weighted by atomic mass is 10.1. The summed E-state index contributed by atoms with van der Waals surface area (Å²) in [5.41, 5.74) is 0.550. The van der Waals surface area contributed by atoms with Crippen LogP contribution in [0.3, 0.4) is 0 Å². The predicted molar refractivity (Wildman–Crippen MR) is 108 cm³/mol. The van der Waals surface area contributed by atoms with Crippen molar-refractivity contribution in [2.75, 3.05) is 0 Å². The van der Waals surface area contributed by atoms with E-state index in [0.29, 0.717) is 15.2 Å². The minimum Gasteiger partial charge on any atom is -0.405 e. The molecule has 2 aromatic heterocycles. The molecular weight excluding hydrogens is 489 g/mol. The second-order valence-corrected chi connectivity index (χ2v) is 7.53. The number of hydrogen-bond donors (Lipinski definition) is 1. The van der Waals surface area contributed by atoms with Crippen LogP contribution in [-0.2, 0) is 6.42 Å². The number of nitrogens with zero attached hydrogens (tertiary/aromatic N) is 3. The summed E-state index contributed by atoms with van der Waals surface area (Å²) >= 11 is 9.48. The fraction of sp³-hybridized carbons (Fsp3) is 0.105. The van der Waals surface area contributed by atoms with E-state index in [1.807, 2.05) is 0 Å². The molecule has 30 heavy (non-hydrogen) atoms. The van der Waals surface area contributed by atoms with Crippen LogP contribution in [0.25, 0.3) is 16.7 Å². The van der Waals surface area contributed by atoms with E-state index in [1.165, 1.54) is 29.1 Å². The molecule has 0 saturated carbocycles. The maximum atomic E-state index is 12.7. The fourth-order valence-electron chi connectivity index (χ4n) is 2.93. The van der Waals surface area contributed by atoms with Gasteiger partial charge in [-0.2, -0.15) is 5.10 Å². The van der Waals surface area contributed by atoms with Crippen molar-refractivity contribution in [2.45, 2.75) is 12.8 Å². The van der Waals surface area contributed by atoms with E-state index in [0.717, 1.165) is 0 Å². The molecule has 11 heteroatoms. The molecule has 0 saturated heterocycles. The number of aromatic nitrogens is 4. The summed E-state index contributed by atoms with van der Waals surface area (Å²) in [6.07, 6.45) is -3.56. The van der Waals surface area contributed by atoms with Crippen LogP contribution >= 0.6 is 27.5 Å². The van der Waals surface area contributed by atoms with Crippen LogP contribution in [0.15, 0.2) is 57.9 Å². The smallest absolute Gasteiger partial charge is 0.405 e. The number of hydrogen-bond acceptors (Lipinski definition) is 4. The van der Waals surface area contributed by atoms with Gasteiger partial charge in [-0.3, -0.25) is 4.79 Å². The van der Waals surface area contributed by atoms with Gasteiger partial charge < -0.3 is 9.72 Å². The highest BCUT2D eigenvalue weighted by Gasteiger charge is 2.32. The molecule has 0 aliphatic carbocycles. The first-order valence-electron chi connectivity index (χ1n) is 8.47. The van der Waals surface area contributed by atoms with Crippen molar-refractivity contribution in [3.8, 4) is 11.4 Å². The van der Waals surface area contributed by atoms with Crippen LogP contribution in [0.1, 0.15) is 11.4 Å². The maximum absolute atomic E-state index is 12.7. The maximum Gasteiger partial charge on any atom is 0.573 e. The van der Waals surface area contributed by atoms with Gasteiger partial charge in [-0.25, -0.2) is 9.67 Å². The molecule has 0 amide bonds. The standard InChI is InChI=1S/C19H11BrClF3N4O2/c20-13-6-5-11(21)8-14(13)28-17-12(9-25-28)18(29)27-16(26-17)7-10-3-1-2-4-15(10)30-19(22,23)24/h1-6,8-9H,7H2,(H,26,27,29). The normalized spacial score (nSPS) is 11.8. The minimum atomic E-state index is -4.83. The highest BCUT2D eigenvalue weighted by Crippen LogP contribution is 2.28. The number of ether oxygens (including phenoxy) is 1. The van der Waals surface area contributed by atoms with Gasteiger partial charge in [0.2, 0.25) is 0 Å². The quantitative estimate of drug-likeness (QED) is 0.428. The molecule has 0 spiro atoms. The van der Waals surface area contributed by atoms with Gasteiger partial charge in [-0.15, -0.1) is 13.2 Å². The number of fused-ring (bicyclic) bond motifs is 1. The number of H-pyrrole nitrogens is 1. The van der Waals surface area contributed by atoms with Crippen molar-refractivity contribution in [3.63, 3.8) is 0 Å². The highest BCUT2D eigenvalue weighted by atomic mass is 79.9. The summed E-state index contributed by atoms with van der Waals surface area (Å²) in [4.78, 5) is 19.5. The SMILES string of the molecule is O=c1[nH]c(Cc2ccccc2OC(F)(F)F)nc2c1cnn2-c1cc(Cl)ccc1Br. The largest absolute Gasteiger partial charge is 0.573 e. The number of aromatic amines is 1. The molecule has 0 unspecified atom stereocenters. The molecule has 154 valence electrons. The Balaban J connectivity index is 1.79. The van der Waals surface area contributed by atoms with Gasteiger partial charge in [-0.1, -0.05) is 29.8 Å². The molecule has 0 aliphatic heterocycles. The second kappa shape index (κ2) is 7.77. The zero-order valence-electron chi connectivity index (χ0n) is 14.9. The lowest BCUT2D eigenvalue weighted by Gasteiger charge is -2.13. The summed E-state index contributed by atoms with van der Waals surface area (Å²) in [6, 6.07) is 10.7. The zero-order valence-corrected chi connectivity index (χ0v) is 17.2. The summed E-state index contributed by atoms with van der Waals surface area (Å²) in [5.74, 6) is -0.204. The number of benzene rings is 2. The Morgan fingerprint density at radius 1 is 1.20 bits per heavy atom. The van der Waals surface area contributed by atoms with Crippen molar-refractivity contribution >= 4 is 38.6 Å². The summed E-state index contributed by atoms with van der Waals surface area (Å²) in [6.45, 7) is 0. The lowest BCUT2D eigenvalue weighted by Crippen LogP contribution is -2.18. The van der Waals surface area contributed by atoms with Gasteiger partial charge in [0.25, 0.3) is 5.56 Å². The molecule has 6 nitrogen and oxygen atoms in total. The molecule has 0 fully saturated rings. The van der Waals surface area contributed by atoms with E-state index in [2.05, 4.69) is 35.7 Å². The van der Waals surface area contributed by atoms with Crippen molar-refractivity contribution in [1.29, 1.82) is 0 Å². The molecule has 0 bridgehead atoms. The molecule has 0 aliphatic rings. The van der Waals surface area contributed by atoms with E-state index in [4.69, 9.17) is 11.6 Å². The molecule has 0 radical (unpaired) electrons. The second-order valence-electron chi connectivity index (χ2n) is 6.23. The Kier molecular flexibility index (Phi) is 5.29. The first kappa shape index (κ1) is 20.4. The Hall–Kier alpha value is -2.85. The minimum absolute atomic E-state index is 0.0840. The molecular formula is C19H11BrClF3N4O2. The molecule has 2 aromatic carbocycles. The highest BCUT2D eigenvalue weighted by molar-refractivity contribution is 9.10. The number of para-hydroxylation sites is 1. The third-order valence-electron chi connectivity index (χ3n) is 4.18. The van der Waals surface area contributed by atoms with Crippen molar-refractivity contribution in [2.24, 2.45) is 0 Å². The predicted octanol–water partition coefficient (Wildman–Crippen LogP) is 5.01. The molecule has 2 heterocycles. The van der Waals surface area contributed by atoms with Gasteiger partial charge >= 0.3 is 6.36 Å². The first-order chi connectivity index (χ1) is 14.2. The van der Waals surface area contributed by atoms with Crippen molar-refractivity contribution in [1.82, 2.24) is 19.7 Å². The van der Waals surface area contributed by atoms with Crippen LogP contribution < -0.4 is 10.3 Å². The van der Waals surface area contributed by atoms with Crippen LogP contribution in [0.5, 0.6) is 5.75 Å². The van der Waals surface area contributed by atoms with Crippen molar-refractivity contribution < 1.29 is 17.9 Å². The van der Waals surface area contributed by atoms with Crippen LogP contribution in [0.2, 0.25) is 5.02 Å². The van der Waals surface area contributed by atoms with E-state index in [-0.39, 0.29) is 34.6 Å². The van der Waals surface area contributed by atoms with E-state index < -0.39 is 11.9 Å². The van der Waals surface area contributed by atoms with Gasteiger partial charge in [0.05, 0.1) is 11.9 Å². The molecule has 4 rings (SSSR count). The number of alkyl halides is 3. The van der Waals surface area contributed by atoms with Crippen LogP contribution in [0.4, 0.5) is 13.2 Å². The average Bonchev–Trinajstić information content (AvgIpc) is 3.08. The topological polar surface area (TPSA) is 72.8 Å². The molecule has 0 atom stereocenters. The third kappa shape index (κ3) is 4.19. The Morgan fingerprint density at radius 3 is 2.73 bits per heavy atom. The van der Waals surface area contributed by atoms with Crippen LogP contribution in [0, 0.1) is 0 Å². The first-order valence-corrected chi connectivity index (χ1v) is 9.64. The Bertz CT molecular complexity index is 1300. The zero-order chi connectivity index (χ0) is 21.5. The van der Waals surface area contributed by atoms with Gasteiger partial charge in [0, 0.05) is 21.5 Å². The third-order valence-corrected chi connectivity index (χ3v) is 5.09. The van der Waals surface area contributed by atoms with Gasteiger partial charge in [-0.05, 0) is 40.2 Å². The van der Waals surface area contributed by atoms with E-state index >= 15 is 0 Å². The van der Waals surface area contributed by atoms with E-state index in [1.54, 1.807) is 24.3 Å². The number of halogens is 5. The van der Waals surface area contributed by atoms with Crippen LogP contribution in [-0.4, -0.2) is 26.1 Å². The lowest BCUT2D eigenvalue weighted by molar-refractivity contribution is -0.274. The Labute approximate surface area is 180 Å². The van der Waals surface area contributed by atoms with E-state index in [9.17, 15) is 18.0 Å². The number of nitrogens with one attached hydrogen (secondary N) is 1.